The van der Waals surface area contributed by atoms with E-state index in [1.807, 2.05) is 6.92 Å². The molecule has 88 valence electrons. The fraction of sp³-hybridized carbons (Fsp3) is 0.182. The number of urea groups is 1. The van der Waals surface area contributed by atoms with Crippen LogP contribution in [0.1, 0.15) is 12.0 Å². The van der Waals surface area contributed by atoms with E-state index in [1.54, 1.807) is 18.2 Å². The van der Waals surface area contributed by atoms with Gasteiger partial charge in [-0.1, -0.05) is 15.9 Å². The molecule has 1 N–H and O–H groups in total. The molecule has 0 saturated carbocycles. The minimum Gasteiger partial charge on any atom is -0.277 e. The van der Waals surface area contributed by atoms with Crippen molar-refractivity contribution in [3.8, 4) is 0 Å². The van der Waals surface area contributed by atoms with Gasteiger partial charge in [-0.2, -0.15) is 0 Å². The van der Waals surface area contributed by atoms with E-state index < -0.39 is 17.8 Å². The Balaban J connectivity index is 2.38. The molecule has 1 aromatic rings. The highest BCUT2D eigenvalue weighted by atomic mass is 79.9. The van der Waals surface area contributed by atoms with Crippen molar-refractivity contribution in [2.24, 2.45) is 0 Å². The van der Waals surface area contributed by atoms with Gasteiger partial charge in [0.1, 0.15) is 6.42 Å². The molecule has 0 aromatic heterocycles. The first-order chi connectivity index (χ1) is 7.99. The lowest BCUT2D eigenvalue weighted by atomic mass is 10.2. The summed E-state index contributed by atoms with van der Waals surface area (Å²) >= 11 is 3.34. The van der Waals surface area contributed by atoms with Crippen LogP contribution in [0.3, 0.4) is 0 Å². The summed E-state index contributed by atoms with van der Waals surface area (Å²) in [4.78, 5) is 35.2. The van der Waals surface area contributed by atoms with Crippen LogP contribution in [0.2, 0.25) is 0 Å². The summed E-state index contributed by atoms with van der Waals surface area (Å²) < 4.78 is 0.891. The number of barbiturate groups is 1. The number of rotatable bonds is 1. The van der Waals surface area contributed by atoms with E-state index in [9.17, 15) is 14.4 Å². The van der Waals surface area contributed by atoms with E-state index in [-0.39, 0.29) is 6.42 Å². The van der Waals surface area contributed by atoms with Crippen LogP contribution in [-0.4, -0.2) is 17.8 Å². The van der Waals surface area contributed by atoms with E-state index >= 15 is 0 Å². The van der Waals surface area contributed by atoms with E-state index in [2.05, 4.69) is 21.2 Å². The largest absolute Gasteiger partial charge is 0.335 e. The summed E-state index contributed by atoms with van der Waals surface area (Å²) in [6.07, 6.45) is -0.305. The molecule has 1 aliphatic heterocycles. The smallest absolute Gasteiger partial charge is 0.277 e. The number of anilines is 1. The predicted octanol–water partition coefficient (Wildman–Crippen LogP) is 1.73. The number of carbonyl (C=O) groups is 3. The third-order valence-corrected chi connectivity index (χ3v) is 3.30. The molecule has 1 aliphatic rings. The topological polar surface area (TPSA) is 66.5 Å². The number of nitrogens with zero attached hydrogens (tertiary/aromatic N) is 1. The van der Waals surface area contributed by atoms with Gasteiger partial charge in [0, 0.05) is 4.47 Å². The lowest BCUT2D eigenvalue weighted by Gasteiger charge is -2.25. The number of aryl methyl sites for hydroxylation is 1. The van der Waals surface area contributed by atoms with Crippen LogP contribution in [0.15, 0.2) is 22.7 Å². The second-order valence-electron chi connectivity index (χ2n) is 3.69. The molecule has 0 aliphatic carbocycles. The Kier molecular flexibility index (Phi) is 2.97. The molecule has 4 amide bonds. The molecule has 1 saturated heterocycles. The zero-order chi connectivity index (χ0) is 12.6. The fourth-order valence-corrected chi connectivity index (χ4v) is 1.82. The van der Waals surface area contributed by atoms with Crippen LogP contribution in [0.25, 0.3) is 0 Å². The lowest BCUT2D eigenvalue weighted by molar-refractivity contribution is -0.128. The number of benzene rings is 1. The maximum Gasteiger partial charge on any atom is 0.335 e. The lowest BCUT2D eigenvalue weighted by Crippen LogP contribution is -2.52. The highest BCUT2D eigenvalue weighted by molar-refractivity contribution is 9.10. The van der Waals surface area contributed by atoms with Gasteiger partial charge in [0.05, 0.1) is 5.69 Å². The molecule has 0 atom stereocenters. The van der Waals surface area contributed by atoms with Gasteiger partial charge in [-0.05, 0) is 30.7 Å². The molecule has 0 spiro atoms. The maximum absolute atomic E-state index is 11.6. The first-order valence-corrected chi connectivity index (χ1v) is 5.71. The molecular formula is C11H9BrN2O3. The highest BCUT2D eigenvalue weighted by Gasteiger charge is 2.31. The third kappa shape index (κ3) is 2.21. The number of nitrogens with one attached hydrogen (secondary N) is 1. The zero-order valence-corrected chi connectivity index (χ0v) is 10.6. The normalized spacial score (nSPS) is 16.1. The molecule has 6 heteroatoms. The van der Waals surface area contributed by atoms with Gasteiger partial charge in [-0.3, -0.25) is 14.9 Å². The Morgan fingerprint density at radius 3 is 2.59 bits per heavy atom. The van der Waals surface area contributed by atoms with E-state index in [1.165, 1.54) is 0 Å². The van der Waals surface area contributed by atoms with Crippen LogP contribution in [-0.2, 0) is 9.59 Å². The van der Waals surface area contributed by atoms with Gasteiger partial charge >= 0.3 is 6.03 Å². The van der Waals surface area contributed by atoms with Gasteiger partial charge in [0.25, 0.3) is 0 Å². The molecule has 1 heterocycles. The SMILES string of the molecule is Cc1cc(N2C(=O)CC(=O)NC2=O)ccc1Br. The summed E-state index contributed by atoms with van der Waals surface area (Å²) in [6.45, 7) is 1.85. The minimum absolute atomic E-state index is 0.305. The number of hydrogen-bond donors (Lipinski definition) is 1. The van der Waals surface area contributed by atoms with Crippen molar-refractivity contribution < 1.29 is 14.4 Å². The Bertz CT molecular complexity index is 507. The molecule has 0 unspecified atom stereocenters. The van der Waals surface area contributed by atoms with Crippen molar-refractivity contribution in [3.05, 3.63) is 28.2 Å². The summed E-state index contributed by atoms with van der Waals surface area (Å²) in [5.74, 6) is -1.08. The summed E-state index contributed by atoms with van der Waals surface area (Å²) in [5, 5.41) is 2.11. The van der Waals surface area contributed by atoms with Crippen LogP contribution >= 0.6 is 15.9 Å². The molecule has 0 radical (unpaired) electrons. The third-order valence-electron chi connectivity index (χ3n) is 2.41. The van der Waals surface area contributed by atoms with Crippen LogP contribution in [0.5, 0.6) is 0 Å². The van der Waals surface area contributed by atoms with Crippen LogP contribution in [0.4, 0.5) is 10.5 Å². The Morgan fingerprint density at radius 1 is 1.29 bits per heavy atom. The van der Waals surface area contributed by atoms with Crippen LogP contribution in [0, 0.1) is 6.92 Å². The highest BCUT2D eigenvalue weighted by Crippen LogP contribution is 2.24. The zero-order valence-electron chi connectivity index (χ0n) is 8.99. The fourth-order valence-electron chi connectivity index (χ4n) is 1.58. The number of halogens is 1. The van der Waals surface area contributed by atoms with Gasteiger partial charge in [-0.15, -0.1) is 0 Å². The second-order valence-corrected chi connectivity index (χ2v) is 4.55. The average Bonchev–Trinajstić information content (AvgIpc) is 2.21. The van der Waals surface area contributed by atoms with E-state index in [0.717, 1.165) is 14.9 Å². The summed E-state index contributed by atoms with van der Waals surface area (Å²) in [5.41, 5.74) is 1.36. The number of carbonyl (C=O) groups excluding carboxylic acids is 3. The van der Waals surface area contributed by atoms with Gasteiger partial charge in [0.2, 0.25) is 11.8 Å². The van der Waals surface area contributed by atoms with Crippen molar-refractivity contribution in [1.82, 2.24) is 5.32 Å². The minimum atomic E-state index is -0.701. The molecular weight excluding hydrogens is 288 g/mol. The quantitative estimate of drug-likeness (QED) is 0.803. The molecule has 1 fully saturated rings. The Labute approximate surface area is 106 Å². The monoisotopic (exact) mass is 296 g/mol. The van der Waals surface area contributed by atoms with Crippen molar-refractivity contribution in [1.29, 1.82) is 0 Å². The van der Waals surface area contributed by atoms with Gasteiger partial charge in [-0.25, -0.2) is 9.69 Å². The van der Waals surface area contributed by atoms with Crippen molar-refractivity contribution >= 4 is 39.5 Å². The average molecular weight is 297 g/mol. The first-order valence-electron chi connectivity index (χ1n) is 4.92. The van der Waals surface area contributed by atoms with E-state index in [4.69, 9.17) is 0 Å². The Morgan fingerprint density at radius 2 is 2.00 bits per heavy atom. The number of amides is 4. The predicted molar refractivity (Wildman–Crippen MR) is 64.5 cm³/mol. The number of imide groups is 2. The molecule has 2 rings (SSSR count). The Hall–Kier alpha value is -1.69. The molecule has 0 bridgehead atoms. The second kappa shape index (κ2) is 4.29. The van der Waals surface area contributed by atoms with Gasteiger partial charge < -0.3 is 0 Å². The van der Waals surface area contributed by atoms with Crippen LogP contribution < -0.4 is 10.2 Å². The summed E-state index contributed by atoms with van der Waals surface area (Å²) in [7, 11) is 0. The standard InChI is InChI=1S/C11H9BrN2O3/c1-6-4-7(2-3-8(6)12)14-10(16)5-9(15)13-11(14)17/h2-4H,5H2,1H3,(H,13,15,17). The molecule has 17 heavy (non-hydrogen) atoms. The first kappa shape index (κ1) is 11.8. The maximum atomic E-state index is 11.6. The molecule has 5 nitrogen and oxygen atoms in total. The summed E-state index contributed by atoms with van der Waals surface area (Å²) in [6, 6.07) is 4.40. The molecule has 1 aromatic carbocycles. The van der Waals surface area contributed by atoms with Gasteiger partial charge in [0.15, 0.2) is 0 Å². The van der Waals surface area contributed by atoms with Crippen molar-refractivity contribution in [3.63, 3.8) is 0 Å². The van der Waals surface area contributed by atoms with Crippen molar-refractivity contribution in [2.45, 2.75) is 13.3 Å². The van der Waals surface area contributed by atoms with Crippen molar-refractivity contribution in [2.75, 3.05) is 4.90 Å². The number of hydrogen-bond acceptors (Lipinski definition) is 3. The van der Waals surface area contributed by atoms with E-state index in [0.29, 0.717) is 5.69 Å².